The minimum Gasteiger partial charge on any atom is -0.108 e. The molecule has 0 fully saturated rings. The van der Waals surface area contributed by atoms with E-state index in [1.54, 1.807) is 4.91 Å². The summed E-state index contributed by atoms with van der Waals surface area (Å²) in [6, 6.07) is 10.6. The van der Waals surface area contributed by atoms with Gasteiger partial charge in [-0.15, -0.1) is 5.53 Å². The van der Waals surface area contributed by atoms with Crippen LogP contribution in [0, 0.1) is 5.53 Å². The van der Waals surface area contributed by atoms with E-state index >= 15 is 0 Å². The summed E-state index contributed by atoms with van der Waals surface area (Å²) in [5, 5.41) is 0. The first-order valence-electron chi connectivity index (χ1n) is 4.08. The molecule has 0 aliphatic heterocycles. The normalized spacial score (nSPS) is 9.46. The number of nitrogens with zero attached hydrogens (tertiary/aromatic N) is 2. The lowest BCUT2D eigenvalue weighted by Gasteiger charge is -2.18. The SMILES string of the molecule is CC(C)(C)c1ccccc1.[N-]=[N+]=N. The summed E-state index contributed by atoms with van der Waals surface area (Å²) in [7, 11) is 0. The van der Waals surface area contributed by atoms with E-state index < -0.39 is 0 Å². The Morgan fingerprint density at radius 1 is 1.15 bits per heavy atom. The summed E-state index contributed by atoms with van der Waals surface area (Å²) >= 11 is 0. The molecule has 0 saturated heterocycles. The van der Waals surface area contributed by atoms with Gasteiger partial charge in [0.1, 0.15) is 0 Å². The number of hydrogen-bond acceptors (Lipinski definition) is 1. The van der Waals surface area contributed by atoms with Crippen LogP contribution in [0.3, 0.4) is 0 Å². The minimum absolute atomic E-state index is 0.293. The maximum Gasteiger partial charge on any atom is -0.00208 e. The molecule has 0 aromatic heterocycles. The lowest BCUT2D eigenvalue weighted by molar-refractivity contribution is 0.590. The van der Waals surface area contributed by atoms with Crippen molar-refractivity contribution in [3.63, 3.8) is 0 Å². The van der Waals surface area contributed by atoms with Gasteiger partial charge in [-0.2, -0.15) is 0 Å². The predicted molar refractivity (Wildman–Crippen MR) is 54.6 cm³/mol. The molecule has 3 nitrogen and oxygen atoms in total. The van der Waals surface area contributed by atoms with E-state index in [1.165, 1.54) is 5.56 Å². The van der Waals surface area contributed by atoms with Crippen molar-refractivity contribution >= 4 is 0 Å². The summed E-state index contributed by atoms with van der Waals surface area (Å²) in [5.74, 6) is 0. The smallest absolute Gasteiger partial charge is 0.00208 e. The Hall–Kier alpha value is -1.47. The zero-order valence-electron chi connectivity index (χ0n) is 8.28. The third-order valence-corrected chi connectivity index (χ3v) is 1.64. The fourth-order valence-electron chi connectivity index (χ4n) is 0.938. The number of nitrogens with one attached hydrogen (secondary N) is 1. The quantitative estimate of drug-likeness (QED) is 0.355. The van der Waals surface area contributed by atoms with E-state index in [-0.39, 0.29) is 0 Å². The highest BCUT2D eigenvalue weighted by Crippen LogP contribution is 2.20. The Labute approximate surface area is 78.8 Å². The van der Waals surface area contributed by atoms with Gasteiger partial charge in [-0.1, -0.05) is 51.1 Å². The van der Waals surface area contributed by atoms with Crippen LogP contribution in [0.5, 0.6) is 0 Å². The average molecular weight is 177 g/mol. The molecule has 1 rings (SSSR count). The van der Waals surface area contributed by atoms with Gasteiger partial charge in [0, 0.05) is 0 Å². The Bertz CT molecular complexity index is 266. The van der Waals surface area contributed by atoms with Crippen LogP contribution in [-0.4, -0.2) is 0 Å². The molecular formula is C10H15N3. The van der Waals surface area contributed by atoms with Crippen LogP contribution >= 0.6 is 0 Å². The van der Waals surface area contributed by atoms with E-state index in [9.17, 15) is 0 Å². The average Bonchev–Trinajstić information content (AvgIpc) is 2.06. The number of rotatable bonds is 0. The zero-order valence-corrected chi connectivity index (χ0v) is 8.28. The lowest BCUT2D eigenvalue weighted by atomic mass is 9.87. The summed E-state index contributed by atoms with van der Waals surface area (Å²) in [5.41, 5.74) is 13.9. The maximum absolute atomic E-state index is 6.86. The highest BCUT2D eigenvalue weighted by molar-refractivity contribution is 5.21. The summed E-state index contributed by atoms with van der Waals surface area (Å²) in [6.07, 6.45) is 0. The third kappa shape index (κ3) is 4.88. The van der Waals surface area contributed by atoms with Gasteiger partial charge < -0.3 is 0 Å². The van der Waals surface area contributed by atoms with E-state index in [1.807, 2.05) is 0 Å². The first kappa shape index (κ1) is 11.5. The van der Waals surface area contributed by atoms with E-state index in [0.29, 0.717) is 5.41 Å². The molecule has 0 atom stereocenters. The number of benzene rings is 1. The highest BCUT2D eigenvalue weighted by atomic mass is 15.0. The first-order valence-corrected chi connectivity index (χ1v) is 4.08. The monoisotopic (exact) mass is 177 g/mol. The molecule has 0 unspecified atom stereocenters. The largest absolute Gasteiger partial charge is 0.108 e. The second kappa shape index (κ2) is 5.22. The molecule has 1 aromatic carbocycles. The van der Waals surface area contributed by atoms with Gasteiger partial charge in [-0.3, -0.25) is 0 Å². The molecule has 1 aromatic rings. The maximum atomic E-state index is 6.86. The van der Waals surface area contributed by atoms with Crippen molar-refractivity contribution in [2.45, 2.75) is 26.2 Å². The van der Waals surface area contributed by atoms with Gasteiger partial charge in [0.15, 0.2) is 0 Å². The van der Waals surface area contributed by atoms with Crippen LogP contribution in [0.4, 0.5) is 0 Å². The second-order valence-electron chi connectivity index (χ2n) is 3.72. The molecule has 70 valence electrons. The Kier molecular flexibility index (Phi) is 4.63. The van der Waals surface area contributed by atoms with Crippen molar-refractivity contribution in [1.82, 2.24) is 0 Å². The van der Waals surface area contributed by atoms with Crippen molar-refractivity contribution in [2.24, 2.45) is 0 Å². The van der Waals surface area contributed by atoms with Crippen LogP contribution in [-0.2, 0) is 5.41 Å². The van der Waals surface area contributed by atoms with Crippen molar-refractivity contribution in [1.29, 1.82) is 5.53 Å². The van der Waals surface area contributed by atoms with Gasteiger partial charge in [0.2, 0.25) is 0 Å². The lowest BCUT2D eigenvalue weighted by Crippen LogP contribution is -2.10. The molecule has 0 saturated carbocycles. The Balaban J connectivity index is 0.000000424. The van der Waals surface area contributed by atoms with Crippen molar-refractivity contribution in [2.75, 3.05) is 0 Å². The van der Waals surface area contributed by atoms with Gasteiger partial charge in [-0.25, -0.2) is 0 Å². The predicted octanol–water partition coefficient (Wildman–Crippen LogP) is 3.86. The van der Waals surface area contributed by atoms with Crippen molar-refractivity contribution in [3.05, 3.63) is 46.3 Å². The molecule has 0 heterocycles. The van der Waals surface area contributed by atoms with Gasteiger partial charge in [0.05, 0.1) is 0 Å². The standard InChI is InChI=1S/C10H14.HN3/c1-10(2,3)9-7-5-4-6-8-9;1-3-2/h4-8H,1-3H3;1H. The topological polar surface area (TPSA) is 60.3 Å². The summed E-state index contributed by atoms with van der Waals surface area (Å²) in [6.45, 7) is 6.67. The van der Waals surface area contributed by atoms with E-state index in [0.717, 1.165) is 0 Å². The van der Waals surface area contributed by atoms with Crippen molar-refractivity contribution < 1.29 is 0 Å². The van der Waals surface area contributed by atoms with E-state index in [2.05, 4.69) is 51.1 Å². The highest BCUT2D eigenvalue weighted by Gasteiger charge is 2.11. The third-order valence-electron chi connectivity index (χ3n) is 1.64. The van der Waals surface area contributed by atoms with Gasteiger partial charge >= 0.3 is 0 Å². The molecule has 3 heteroatoms. The summed E-state index contributed by atoms with van der Waals surface area (Å²) < 4.78 is 0. The second-order valence-corrected chi connectivity index (χ2v) is 3.72. The minimum atomic E-state index is 0.293. The molecule has 0 aliphatic carbocycles. The Morgan fingerprint density at radius 3 is 1.77 bits per heavy atom. The Morgan fingerprint density at radius 2 is 1.54 bits per heavy atom. The van der Waals surface area contributed by atoms with Gasteiger partial charge in [-0.05, 0) is 21.4 Å². The molecule has 0 radical (unpaired) electrons. The molecular weight excluding hydrogens is 162 g/mol. The molecule has 0 amide bonds. The van der Waals surface area contributed by atoms with Crippen LogP contribution < -0.4 is 0 Å². The number of hydrogen-bond donors (Lipinski definition) is 1. The van der Waals surface area contributed by atoms with Crippen LogP contribution in [0.2, 0.25) is 0 Å². The fourth-order valence-corrected chi connectivity index (χ4v) is 0.938. The fraction of sp³-hybridized carbons (Fsp3) is 0.400. The van der Waals surface area contributed by atoms with Crippen LogP contribution in [0.15, 0.2) is 30.3 Å². The molecule has 13 heavy (non-hydrogen) atoms. The van der Waals surface area contributed by atoms with Crippen molar-refractivity contribution in [3.8, 4) is 0 Å². The van der Waals surface area contributed by atoms with Gasteiger partial charge in [0.25, 0.3) is 0 Å². The molecule has 0 bridgehead atoms. The molecule has 0 aliphatic rings. The van der Waals surface area contributed by atoms with Crippen LogP contribution in [0.25, 0.3) is 10.4 Å². The van der Waals surface area contributed by atoms with Crippen LogP contribution in [0.1, 0.15) is 26.3 Å². The summed E-state index contributed by atoms with van der Waals surface area (Å²) in [4.78, 5) is 1.75. The molecule has 0 spiro atoms. The first-order chi connectivity index (χ1) is 6.02. The van der Waals surface area contributed by atoms with E-state index in [4.69, 9.17) is 11.1 Å². The zero-order chi connectivity index (χ0) is 10.3. The molecule has 1 N–H and O–H groups in total.